The van der Waals surface area contributed by atoms with Gasteiger partial charge in [-0.05, 0) is 48.4 Å². The molecular weight excluding hydrogens is 610 g/mol. The number of carboxylic acids is 1. The standard InChI is InChI=1S/C39H35NO8/c1-48-31-19-24(41)14-15-26(31)35-25-16-17-27-34(38(47)40(37(27)46)18-8-13-33(43)44)29(25)20-30-36(45)28(22-9-4-2-5-10-22)21-32(42)39(30,35)23-11-6-3-7-12-23/h2-7,9-12,14-16,19,21,27,29-30,34-35,41H,8,13,17-18,20H2,1H3,(H,43,44). The summed E-state index contributed by atoms with van der Waals surface area (Å²) in [5, 5.41) is 19.6. The molecule has 7 rings (SSSR count). The fourth-order valence-electron chi connectivity index (χ4n) is 8.83. The van der Waals surface area contributed by atoms with Crippen molar-refractivity contribution in [2.45, 2.75) is 37.0 Å². The van der Waals surface area contributed by atoms with Crippen LogP contribution in [0, 0.1) is 23.7 Å². The first-order valence-electron chi connectivity index (χ1n) is 16.2. The van der Waals surface area contributed by atoms with Crippen LogP contribution in [0.15, 0.2) is 96.6 Å². The first-order valence-corrected chi connectivity index (χ1v) is 16.2. The Morgan fingerprint density at radius 2 is 1.65 bits per heavy atom. The van der Waals surface area contributed by atoms with Crippen molar-refractivity contribution in [3.8, 4) is 11.5 Å². The Balaban J connectivity index is 1.45. The van der Waals surface area contributed by atoms with Gasteiger partial charge >= 0.3 is 5.97 Å². The number of likely N-dealkylation sites (tertiary alicyclic amines) is 1. The van der Waals surface area contributed by atoms with Crippen LogP contribution in [-0.2, 0) is 29.4 Å². The lowest BCUT2D eigenvalue weighted by molar-refractivity contribution is -0.142. The topological polar surface area (TPSA) is 138 Å². The smallest absolute Gasteiger partial charge is 0.303 e. The zero-order valence-electron chi connectivity index (χ0n) is 26.4. The summed E-state index contributed by atoms with van der Waals surface area (Å²) in [6, 6.07) is 23.0. The molecule has 2 N–H and O–H groups in total. The summed E-state index contributed by atoms with van der Waals surface area (Å²) in [5.74, 6) is -5.52. The van der Waals surface area contributed by atoms with Crippen LogP contribution in [0.3, 0.4) is 0 Å². The fraction of sp³-hybridized carbons (Fsp3) is 0.308. The number of hydrogen-bond acceptors (Lipinski definition) is 7. The number of methoxy groups -OCH3 is 1. The third-order valence-corrected chi connectivity index (χ3v) is 10.8. The van der Waals surface area contributed by atoms with Crippen molar-refractivity contribution < 1.29 is 38.9 Å². The SMILES string of the molecule is COc1cc(O)ccc1C1C2=CCC3C(=O)N(CCCC(=O)O)C(=O)C3C2CC2C(=O)C(c3ccccc3)=CC(=O)C21c1ccccc1. The molecule has 48 heavy (non-hydrogen) atoms. The number of ketones is 2. The lowest BCUT2D eigenvalue weighted by atomic mass is 9.44. The highest BCUT2D eigenvalue weighted by Gasteiger charge is 2.66. The Morgan fingerprint density at radius 1 is 0.938 bits per heavy atom. The number of phenolic OH excluding ortho intramolecular Hbond substituents is 1. The van der Waals surface area contributed by atoms with E-state index in [-0.39, 0.29) is 61.4 Å². The maximum Gasteiger partial charge on any atom is 0.303 e. The molecule has 9 nitrogen and oxygen atoms in total. The van der Waals surface area contributed by atoms with Crippen molar-refractivity contribution in [2.75, 3.05) is 13.7 Å². The number of aliphatic carboxylic acids is 1. The van der Waals surface area contributed by atoms with Gasteiger partial charge in [-0.1, -0.05) is 78.4 Å². The number of allylic oxidation sites excluding steroid dienone is 4. The van der Waals surface area contributed by atoms with Crippen LogP contribution in [0.2, 0.25) is 0 Å². The highest BCUT2D eigenvalue weighted by atomic mass is 16.5. The monoisotopic (exact) mass is 645 g/mol. The molecule has 3 aromatic carbocycles. The number of rotatable bonds is 8. The fourth-order valence-corrected chi connectivity index (χ4v) is 8.83. The van der Waals surface area contributed by atoms with Crippen LogP contribution in [0.25, 0.3) is 5.57 Å². The Morgan fingerprint density at radius 3 is 2.33 bits per heavy atom. The second-order valence-corrected chi connectivity index (χ2v) is 13.0. The van der Waals surface area contributed by atoms with Crippen molar-refractivity contribution in [1.29, 1.82) is 0 Å². The van der Waals surface area contributed by atoms with E-state index in [1.165, 1.54) is 30.2 Å². The maximum atomic E-state index is 15.1. The quantitative estimate of drug-likeness (QED) is 0.255. The lowest BCUT2D eigenvalue weighted by Gasteiger charge is -2.55. The number of imide groups is 1. The van der Waals surface area contributed by atoms with Crippen LogP contribution < -0.4 is 4.74 Å². The van der Waals surface area contributed by atoms with E-state index in [1.54, 1.807) is 18.2 Å². The van der Waals surface area contributed by atoms with E-state index in [0.717, 1.165) is 5.57 Å². The summed E-state index contributed by atoms with van der Waals surface area (Å²) in [7, 11) is 1.48. The van der Waals surface area contributed by atoms with Gasteiger partial charge in [0.2, 0.25) is 11.8 Å². The molecule has 0 bridgehead atoms. The molecule has 9 heteroatoms. The normalized spacial score (nSPS) is 27.9. The van der Waals surface area contributed by atoms with E-state index in [2.05, 4.69) is 0 Å². The molecule has 2 fully saturated rings. The minimum Gasteiger partial charge on any atom is -0.508 e. The molecule has 3 aliphatic carbocycles. The van der Waals surface area contributed by atoms with Crippen molar-refractivity contribution in [2.24, 2.45) is 23.7 Å². The molecule has 3 aromatic rings. The highest BCUT2D eigenvalue weighted by molar-refractivity contribution is 6.31. The third kappa shape index (κ3) is 4.71. The summed E-state index contributed by atoms with van der Waals surface area (Å²) in [5.41, 5.74) is 1.54. The predicted octanol–water partition coefficient (Wildman–Crippen LogP) is 5.09. The van der Waals surface area contributed by atoms with Gasteiger partial charge in [-0.15, -0.1) is 0 Å². The Labute approximate surface area is 277 Å². The number of carboxylic acid groups (broad SMARTS) is 1. The van der Waals surface area contributed by atoms with Gasteiger partial charge in [0.25, 0.3) is 0 Å². The summed E-state index contributed by atoms with van der Waals surface area (Å²) in [4.78, 5) is 70.2. The number of phenols is 1. The average Bonchev–Trinajstić information content (AvgIpc) is 3.34. The van der Waals surface area contributed by atoms with Gasteiger partial charge in [0.05, 0.1) is 24.4 Å². The van der Waals surface area contributed by atoms with E-state index in [9.17, 15) is 24.3 Å². The first-order chi connectivity index (χ1) is 23.2. The van der Waals surface area contributed by atoms with Gasteiger partial charge in [-0.3, -0.25) is 28.9 Å². The van der Waals surface area contributed by atoms with E-state index in [0.29, 0.717) is 28.0 Å². The number of ether oxygens (including phenoxy) is 1. The first kappa shape index (κ1) is 31.3. The van der Waals surface area contributed by atoms with E-state index >= 15 is 4.79 Å². The second-order valence-electron chi connectivity index (χ2n) is 13.0. The van der Waals surface area contributed by atoms with Gasteiger partial charge in [-0.25, -0.2) is 0 Å². The van der Waals surface area contributed by atoms with Crippen molar-refractivity contribution >= 4 is 34.9 Å². The van der Waals surface area contributed by atoms with Gasteiger partial charge < -0.3 is 14.9 Å². The van der Waals surface area contributed by atoms with Crippen molar-refractivity contribution in [1.82, 2.24) is 4.90 Å². The number of hydrogen-bond donors (Lipinski definition) is 2. The van der Waals surface area contributed by atoms with Crippen molar-refractivity contribution in [3.05, 3.63) is 113 Å². The summed E-state index contributed by atoms with van der Waals surface area (Å²) >= 11 is 0. The summed E-state index contributed by atoms with van der Waals surface area (Å²) in [6.45, 7) is 0.00389. The molecule has 4 aliphatic rings. The number of nitrogens with zero attached hydrogens (tertiary/aromatic N) is 1. The van der Waals surface area contributed by atoms with Crippen LogP contribution in [0.5, 0.6) is 11.5 Å². The molecule has 1 saturated heterocycles. The largest absolute Gasteiger partial charge is 0.508 e. The number of amides is 2. The molecule has 2 amide bonds. The minimum absolute atomic E-state index is 0.00389. The highest BCUT2D eigenvalue weighted by Crippen LogP contribution is 2.64. The van der Waals surface area contributed by atoms with Gasteiger partial charge in [0, 0.05) is 42.0 Å². The van der Waals surface area contributed by atoms with E-state index in [4.69, 9.17) is 9.84 Å². The zero-order chi connectivity index (χ0) is 33.7. The van der Waals surface area contributed by atoms with Gasteiger partial charge in [0.1, 0.15) is 11.5 Å². The third-order valence-electron chi connectivity index (χ3n) is 10.8. The summed E-state index contributed by atoms with van der Waals surface area (Å²) < 4.78 is 5.80. The molecule has 0 spiro atoms. The molecule has 0 radical (unpaired) electrons. The number of carbonyl (C=O) groups is 5. The van der Waals surface area contributed by atoms with Crippen LogP contribution in [0.4, 0.5) is 0 Å². The predicted molar refractivity (Wildman–Crippen MR) is 175 cm³/mol. The van der Waals surface area contributed by atoms with Gasteiger partial charge in [0.15, 0.2) is 11.6 Å². The number of fused-ring (bicyclic) bond motifs is 4. The molecular formula is C39H35NO8. The second kappa shape index (κ2) is 12.0. The lowest BCUT2D eigenvalue weighted by Crippen LogP contribution is -2.58. The van der Waals surface area contributed by atoms with Crippen LogP contribution in [-0.4, -0.2) is 58.1 Å². The Kier molecular flexibility index (Phi) is 7.86. The Bertz CT molecular complexity index is 1900. The molecule has 1 aliphatic heterocycles. The van der Waals surface area contributed by atoms with Crippen molar-refractivity contribution in [3.63, 3.8) is 0 Å². The molecule has 1 saturated carbocycles. The molecule has 6 atom stereocenters. The maximum absolute atomic E-state index is 15.1. The number of benzene rings is 3. The van der Waals surface area contributed by atoms with Crippen LogP contribution >= 0.6 is 0 Å². The average molecular weight is 646 g/mol. The molecule has 244 valence electrons. The zero-order valence-corrected chi connectivity index (χ0v) is 26.4. The number of aromatic hydroxyl groups is 1. The number of Topliss-reactive ketones (excluding diaryl/α,β-unsaturated/α-hetero) is 1. The number of carbonyl (C=O) groups excluding carboxylic acids is 4. The minimum atomic E-state index is -1.41. The van der Waals surface area contributed by atoms with Crippen LogP contribution in [0.1, 0.15) is 48.3 Å². The van der Waals surface area contributed by atoms with Gasteiger partial charge in [-0.2, -0.15) is 0 Å². The molecule has 1 heterocycles. The summed E-state index contributed by atoms with van der Waals surface area (Å²) in [6.07, 6.45) is 3.81. The van der Waals surface area contributed by atoms with E-state index in [1.807, 2.05) is 54.6 Å². The molecule has 6 unspecified atom stereocenters. The Hall–Kier alpha value is -5.31. The van der Waals surface area contributed by atoms with E-state index < -0.39 is 41.0 Å². The molecule has 0 aromatic heterocycles.